The van der Waals surface area contributed by atoms with Gasteiger partial charge in [-0.2, -0.15) is 0 Å². The molecule has 0 amide bonds. The third-order valence-corrected chi connectivity index (χ3v) is 10.1. The smallest absolute Gasteiger partial charge is 0.427 e. The van der Waals surface area contributed by atoms with Crippen LogP contribution in [0.4, 0.5) is 0 Å². The Morgan fingerprint density at radius 2 is 1.35 bits per heavy atom. The monoisotopic (exact) mass is 545 g/mol. The Labute approximate surface area is 245 Å². The molecule has 1 heterocycles. The van der Waals surface area contributed by atoms with Crippen molar-refractivity contribution >= 4 is 25.5 Å². The molecular weight excluding hydrogens is 494 g/mol. The summed E-state index contributed by atoms with van der Waals surface area (Å²) >= 11 is 0. The first kappa shape index (κ1) is 31.3. The fraction of sp³-hybridized carbons (Fsp3) is 0.647. The van der Waals surface area contributed by atoms with Crippen molar-refractivity contribution in [2.24, 2.45) is 0 Å². The molecule has 1 atom stereocenters. The topological polar surface area (TPSA) is 47.9 Å². The molecule has 4 rings (SSSR count). The van der Waals surface area contributed by atoms with Crippen LogP contribution >= 0.6 is 0 Å². The highest BCUT2D eigenvalue weighted by Gasteiger charge is 2.52. The van der Waals surface area contributed by atoms with Gasteiger partial charge >= 0.3 is 14.6 Å². The predicted molar refractivity (Wildman–Crippen MR) is 169 cm³/mol. The van der Waals surface area contributed by atoms with Crippen LogP contribution in [0.15, 0.2) is 36.4 Å². The molecule has 1 aliphatic heterocycles. The predicted octanol–water partition coefficient (Wildman–Crippen LogP) is 6.83. The van der Waals surface area contributed by atoms with Gasteiger partial charge in [0, 0.05) is 5.41 Å². The van der Waals surface area contributed by atoms with Crippen LogP contribution in [0.3, 0.4) is 0 Å². The molecule has 4 nitrogen and oxygen atoms in total. The van der Waals surface area contributed by atoms with Gasteiger partial charge in [-0.05, 0) is 89.5 Å². The maximum atomic E-state index is 10.6. The average molecular weight is 545 g/mol. The van der Waals surface area contributed by atoms with E-state index in [0.717, 1.165) is 17.3 Å². The van der Waals surface area contributed by atoms with Crippen LogP contribution < -0.4 is 10.9 Å². The highest BCUT2D eigenvalue weighted by Crippen LogP contribution is 2.51. The van der Waals surface area contributed by atoms with Gasteiger partial charge in [0.1, 0.15) is 0 Å². The minimum atomic E-state index is -0.966. The molecule has 0 aromatic heterocycles. The SMILES string of the molecule is CCCCCCCCC1(C)c2cc([B]OC(C)(C)C(C)(C)O)ccc2-c2ccc(B3OC(C)(C)C(C)(C)O3)cc21. The lowest BCUT2D eigenvalue weighted by molar-refractivity contribution is -0.0893. The van der Waals surface area contributed by atoms with Crippen LogP contribution in [0.25, 0.3) is 11.1 Å². The number of fused-ring (bicyclic) bond motifs is 3. The quantitative estimate of drug-likeness (QED) is 0.235. The summed E-state index contributed by atoms with van der Waals surface area (Å²) in [6.45, 7) is 20.5. The Hall–Kier alpha value is -1.59. The fourth-order valence-electron chi connectivity index (χ4n) is 5.74. The number of benzene rings is 2. The first-order chi connectivity index (χ1) is 18.5. The Bertz CT molecular complexity index is 1180. The van der Waals surface area contributed by atoms with Gasteiger partial charge in [0.05, 0.1) is 22.4 Å². The van der Waals surface area contributed by atoms with Crippen LogP contribution in [-0.2, 0) is 19.4 Å². The van der Waals surface area contributed by atoms with Crippen molar-refractivity contribution in [3.05, 3.63) is 47.5 Å². The molecule has 1 fully saturated rings. The summed E-state index contributed by atoms with van der Waals surface area (Å²) < 4.78 is 19.0. The van der Waals surface area contributed by atoms with E-state index in [-0.39, 0.29) is 23.7 Å². The third kappa shape index (κ3) is 5.98. The van der Waals surface area contributed by atoms with Gasteiger partial charge in [-0.15, -0.1) is 0 Å². The van der Waals surface area contributed by atoms with E-state index in [1.54, 1.807) is 13.8 Å². The van der Waals surface area contributed by atoms with E-state index in [1.807, 2.05) is 21.3 Å². The van der Waals surface area contributed by atoms with Crippen molar-refractivity contribution in [2.45, 2.75) is 142 Å². The Balaban J connectivity index is 1.66. The first-order valence-corrected chi connectivity index (χ1v) is 15.4. The molecule has 0 spiro atoms. The largest absolute Gasteiger partial charge is 0.494 e. The summed E-state index contributed by atoms with van der Waals surface area (Å²) in [5.74, 6) is 0. The van der Waals surface area contributed by atoms with Crippen molar-refractivity contribution < 1.29 is 19.1 Å². The molecule has 40 heavy (non-hydrogen) atoms. The molecule has 6 heteroatoms. The molecule has 1 unspecified atom stereocenters. The number of rotatable bonds is 12. The zero-order chi connectivity index (χ0) is 29.6. The van der Waals surface area contributed by atoms with Crippen LogP contribution in [0, 0.1) is 0 Å². The lowest BCUT2D eigenvalue weighted by atomic mass is 9.71. The van der Waals surface area contributed by atoms with Gasteiger partial charge in [-0.1, -0.05) is 94.2 Å². The van der Waals surface area contributed by atoms with Gasteiger partial charge < -0.3 is 19.1 Å². The Morgan fingerprint density at radius 1 is 0.800 bits per heavy atom. The van der Waals surface area contributed by atoms with Crippen molar-refractivity contribution in [1.82, 2.24) is 0 Å². The first-order valence-electron chi connectivity index (χ1n) is 15.4. The summed E-state index contributed by atoms with van der Waals surface area (Å²) in [5, 5.41) is 10.6. The fourth-order valence-corrected chi connectivity index (χ4v) is 5.74. The van der Waals surface area contributed by atoms with E-state index in [0.29, 0.717) is 0 Å². The molecule has 2 aliphatic rings. The summed E-state index contributed by atoms with van der Waals surface area (Å²) in [5.41, 5.74) is 4.86. The van der Waals surface area contributed by atoms with E-state index in [9.17, 15) is 5.11 Å². The van der Waals surface area contributed by atoms with Crippen molar-refractivity contribution in [3.8, 4) is 11.1 Å². The van der Waals surface area contributed by atoms with Crippen LogP contribution in [0.1, 0.15) is 125 Å². The van der Waals surface area contributed by atoms with E-state index in [2.05, 4.69) is 77.9 Å². The van der Waals surface area contributed by atoms with Crippen molar-refractivity contribution in [2.75, 3.05) is 0 Å². The summed E-state index contributed by atoms with van der Waals surface area (Å²) in [6.07, 6.45) is 8.74. The Morgan fingerprint density at radius 3 is 1.95 bits per heavy atom. The van der Waals surface area contributed by atoms with Crippen molar-refractivity contribution in [3.63, 3.8) is 0 Å². The van der Waals surface area contributed by atoms with Gasteiger partial charge in [0.15, 0.2) is 0 Å². The molecule has 1 N–H and O–H groups in total. The zero-order valence-electron chi connectivity index (χ0n) is 26.7. The van der Waals surface area contributed by atoms with E-state index < -0.39 is 11.2 Å². The molecule has 1 radical (unpaired) electrons. The maximum absolute atomic E-state index is 10.6. The summed E-state index contributed by atoms with van der Waals surface area (Å²) in [6, 6.07) is 13.4. The minimum Gasteiger partial charge on any atom is -0.427 e. The van der Waals surface area contributed by atoms with Crippen LogP contribution in [0.5, 0.6) is 0 Å². The molecular formula is C34H51B2O4. The van der Waals surface area contributed by atoms with Gasteiger partial charge in [-0.3, -0.25) is 0 Å². The third-order valence-electron chi connectivity index (χ3n) is 10.1. The molecule has 2 aromatic rings. The van der Waals surface area contributed by atoms with E-state index in [4.69, 9.17) is 14.0 Å². The molecule has 1 saturated heterocycles. The number of unbranched alkanes of at least 4 members (excludes halogenated alkanes) is 5. The second-order valence-corrected chi connectivity index (χ2v) is 14.4. The van der Waals surface area contributed by atoms with Gasteiger partial charge in [-0.25, -0.2) is 0 Å². The lowest BCUT2D eigenvalue weighted by Crippen LogP contribution is -2.49. The standard InChI is InChI=1S/C34H51B2O4/c1-11-12-13-14-15-16-21-34(10)28-22-24(35-38-31(4,5)30(2,3)37)17-19-26(28)27-20-18-25(23-29(27)34)36-39-32(6,7)33(8,9)40-36/h17-20,22-23,37H,11-16,21H2,1-10H3. The number of hydrogen-bond donors (Lipinski definition) is 1. The number of aliphatic hydroxyl groups is 1. The second-order valence-electron chi connectivity index (χ2n) is 14.4. The number of hydrogen-bond acceptors (Lipinski definition) is 4. The average Bonchev–Trinajstić information content (AvgIpc) is 3.24. The van der Waals surface area contributed by atoms with Crippen molar-refractivity contribution in [1.29, 1.82) is 0 Å². The molecule has 1 aliphatic carbocycles. The highest BCUT2D eigenvalue weighted by atomic mass is 16.7. The maximum Gasteiger partial charge on any atom is 0.494 e. The van der Waals surface area contributed by atoms with Crippen LogP contribution in [-0.4, -0.2) is 42.1 Å². The molecule has 2 aromatic carbocycles. The lowest BCUT2D eigenvalue weighted by Gasteiger charge is -2.37. The molecule has 217 valence electrons. The van der Waals surface area contributed by atoms with Gasteiger partial charge in [0.2, 0.25) is 0 Å². The molecule has 0 bridgehead atoms. The van der Waals surface area contributed by atoms with Crippen LogP contribution in [0.2, 0.25) is 0 Å². The molecule has 0 saturated carbocycles. The minimum absolute atomic E-state index is 0.120. The normalized spacial score (nSPS) is 21.4. The summed E-state index contributed by atoms with van der Waals surface area (Å²) in [4.78, 5) is 0. The zero-order valence-corrected chi connectivity index (χ0v) is 26.7. The second kappa shape index (κ2) is 11.2. The Kier molecular flexibility index (Phi) is 8.81. The van der Waals surface area contributed by atoms with Gasteiger partial charge in [0.25, 0.3) is 0 Å². The highest BCUT2D eigenvalue weighted by molar-refractivity contribution is 6.62. The summed E-state index contributed by atoms with van der Waals surface area (Å²) in [7, 11) is 1.43. The van der Waals surface area contributed by atoms with E-state index >= 15 is 0 Å². The van der Waals surface area contributed by atoms with E-state index in [1.165, 1.54) is 60.8 Å².